The van der Waals surface area contributed by atoms with Crippen molar-refractivity contribution in [2.24, 2.45) is 0 Å². The quantitative estimate of drug-likeness (QED) is 0.746. The normalized spacial score (nSPS) is 10.7. The number of hydrogen-bond donors (Lipinski definition) is 1. The third-order valence-electron chi connectivity index (χ3n) is 2.59. The molecule has 0 amide bonds. The number of unbranched alkanes of at least 4 members (excludes halogenated alkanes) is 1. The number of aliphatic hydroxyl groups is 1. The minimum atomic E-state index is -0.507. The maximum absolute atomic E-state index is 9.56. The Hall–Kier alpha value is -0.820. The number of aryl methyl sites for hydroxylation is 2. The van der Waals surface area contributed by atoms with E-state index < -0.39 is 5.60 Å². The maximum Gasteiger partial charge on any atom is 0.0591 e. The Morgan fingerprint density at radius 2 is 1.76 bits per heavy atom. The van der Waals surface area contributed by atoms with Crippen molar-refractivity contribution < 1.29 is 5.11 Å². The van der Waals surface area contributed by atoms with Gasteiger partial charge < -0.3 is 5.11 Å². The summed E-state index contributed by atoms with van der Waals surface area (Å²) in [4.78, 5) is 0. The molecular formula is C16H28O. The molecule has 17 heavy (non-hydrogen) atoms. The van der Waals surface area contributed by atoms with Gasteiger partial charge in [0.2, 0.25) is 0 Å². The summed E-state index contributed by atoms with van der Waals surface area (Å²) in [6, 6.07) is 8.65. The van der Waals surface area contributed by atoms with E-state index in [1.807, 2.05) is 27.7 Å². The van der Waals surface area contributed by atoms with Crippen molar-refractivity contribution in [2.75, 3.05) is 0 Å². The van der Waals surface area contributed by atoms with Gasteiger partial charge in [0.05, 0.1) is 5.60 Å². The van der Waals surface area contributed by atoms with E-state index in [-0.39, 0.29) is 0 Å². The average Bonchev–Trinajstić information content (AvgIpc) is 2.26. The number of rotatable bonds is 5. The van der Waals surface area contributed by atoms with Crippen molar-refractivity contribution in [3.8, 4) is 0 Å². The van der Waals surface area contributed by atoms with Gasteiger partial charge in [-0.05, 0) is 45.6 Å². The second-order valence-electron chi connectivity index (χ2n) is 5.01. The molecule has 0 spiro atoms. The molecule has 0 aromatic heterocycles. The van der Waals surface area contributed by atoms with Gasteiger partial charge in [0, 0.05) is 0 Å². The highest BCUT2D eigenvalue weighted by Gasteiger charge is 2.10. The highest BCUT2D eigenvalue weighted by molar-refractivity contribution is 5.22. The lowest BCUT2D eigenvalue weighted by Gasteiger charge is -2.16. The van der Waals surface area contributed by atoms with Crippen LogP contribution in [0.25, 0.3) is 0 Å². The van der Waals surface area contributed by atoms with Crippen LogP contribution in [0.4, 0.5) is 0 Å². The monoisotopic (exact) mass is 236 g/mol. The van der Waals surface area contributed by atoms with Crippen LogP contribution in [-0.2, 0) is 6.42 Å². The van der Waals surface area contributed by atoms with E-state index in [4.69, 9.17) is 0 Å². The Balaban J connectivity index is 0.00000121. The van der Waals surface area contributed by atoms with Crippen molar-refractivity contribution in [3.05, 3.63) is 35.4 Å². The van der Waals surface area contributed by atoms with Crippen molar-refractivity contribution in [1.29, 1.82) is 0 Å². The fourth-order valence-electron chi connectivity index (χ4n) is 1.75. The second-order valence-corrected chi connectivity index (χ2v) is 5.01. The first-order valence-electron chi connectivity index (χ1n) is 6.75. The zero-order chi connectivity index (χ0) is 13.3. The summed E-state index contributed by atoms with van der Waals surface area (Å²) >= 11 is 0. The second kappa shape index (κ2) is 8.30. The van der Waals surface area contributed by atoms with E-state index in [1.54, 1.807) is 0 Å². The lowest BCUT2D eigenvalue weighted by Crippen LogP contribution is -2.17. The van der Waals surface area contributed by atoms with Gasteiger partial charge in [0.1, 0.15) is 0 Å². The van der Waals surface area contributed by atoms with Crippen molar-refractivity contribution in [3.63, 3.8) is 0 Å². The van der Waals surface area contributed by atoms with E-state index in [9.17, 15) is 5.11 Å². The van der Waals surface area contributed by atoms with E-state index in [2.05, 4.69) is 31.2 Å². The van der Waals surface area contributed by atoms with Crippen LogP contribution in [0.5, 0.6) is 0 Å². The van der Waals surface area contributed by atoms with Gasteiger partial charge in [-0.2, -0.15) is 0 Å². The predicted molar refractivity (Wildman–Crippen MR) is 76.4 cm³/mol. The molecule has 1 nitrogen and oxygen atoms in total. The molecule has 0 atom stereocenters. The van der Waals surface area contributed by atoms with Gasteiger partial charge in [-0.15, -0.1) is 0 Å². The molecule has 0 fully saturated rings. The lowest BCUT2D eigenvalue weighted by molar-refractivity contribution is 0.0682. The van der Waals surface area contributed by atoms with E-state index in [1.165, 1.54) is 11.1 Å². The molecule has 0 aliphatic carbocycles. The van der Waals surface area contributed by atoms with Crippen LogP contribution in [0.2, 0.25) is 0 Å². The van der Waals surface area contributed by atoms with Crippen LogP contribution in [-0.4, -0.2) is 10.7 Å². The topological polar surface area (TPSA) is 20.2 Å². The molecule has 98 valence electrons. The van der Waals surface area contributed by atoms with E-state index in [0.717, 1.165) is 25.7 Å². The number of benzene rings is 1. The van der Waals surface area contributed by atoms with Crippen LogP contribution < -0.4 is 0 Å². The third-order valence-corrected chi connectivity index (χ3v) is 2.59. The maximum atomic E-state index is 9.56. The Morgan fingerprint density at radius 3 is 2.29 bits per heavy atom. The average molecular weight is 236 g/mol. The molecule has 0 unspecified atom stereocenters. The molecule has 1 aromatic rings. The standard InChI is InChI=1S/C14H22O.C2H6/c1-12-7-6-9-13(11-12)8-4-5-10-14(2,3)15;1-2/h6-7,9,11,15H,4-5,8,10H2,1-3H3;1-2H3. The predicted octanol–water partition coefficient (Wildman–Crippen LogP) is 4.50. The first kappa shape index (κ1) is 16.2. The lowest BCUT2D eigenvalue weighted by atomic mass is 9.99. The summed E-state index contributed by atoms with van der Waals surface area (Å²) in [6.07, 6.45) is 4.27. The summed E-state index contributed by atoms with van der Waals surface area (Å²) < 4.78 is 0. The van der Waals surface area contributed by atoms with Crippen LogP contribution in [0.1, 0.15) is 58.1 Å². The van der Waals surface area contributed by atoms with Crippen molar-refractivity contribution >= 4 is 0 Å². The minimum absolute atomic E-state index is 0.507. The van der Waals surface area contributed by atoms with Gasteiger partial charge in [-0.3, -0.25) is 0 Å². The van der Waals surface area contributed by atoms with Gasteiger partial charge in [0.25, 0.3) is 0 Å². The summed E-state index contributed by atoms with van der Waals surface area (Å²) in [7, 11) is 0. The molecule has 0 aliphatic rings. The van der Waals surface area contributed by atoms with Crippen LogP contribution in [0.3, 0.4) is 0 Å². The molecule has 1 rings (SSSR count). The molecule has 1 N–H and O–H groups in total. The molecule has 1 heteroatoms. The van der Waals surface area contributed by atoms with Crippen LogP contribution >= 0.6 is 0 Å². The van der Waals surface area contributed by atoms with Crippen molar-refractivity contribution in [2.45, 2.75) is 65.9 Å². The summed E-state index contributed by atoms with van der Waals surface area (Å²) in [5.41, 5.74) is 2.23. The van der Waals surface area contributed by atoms with Gasteiger partial charge in [-0.25, -0.2) is 0 Å². The van der Waals surface area contributed by atoms with E-state index in [0.29, 0.717) is 0 Å². The molecule has 0 aliphatic heterocycles. The molecular weight excluding hydrogens is 208 g/mol. The zero-order valence-electron chi connectivity index (χ0n) is 12.1. The Morgan fingerprint density at radius 1 is 1.12 bits per heavy atom. The molecule has 0 bridgehead atoms. The van der Waals surface area contributed by atoms with Gasteiger partial charge >= 0.3 is 0 Å². The summed E-state index contributed by atoms with van der Waals surface area (Å²) in [6.45, 7) is 9.87. The fourth-order valence-corrected chi connectivity index (χ4v) is 1.75. The molecule has 0 heterocycles. The van der Waals surface area contributed by atoms with Crippen LogP contribution in [0, 0.1) is 6.92 Å². The first-order valence-corrected chi connectivity index (χ1v) is 6.75. The largest absolute Gasteiger partial charge is 0.390 e. The Kier molecular flexibility index (Phi) is 7.90. The third kappa shape index (κ3) is 8.93. The minimum Gasteiger partial charge on any atom is -0.390 e. The zero-order valence-corrected chi connectivity index (χ0v) is 12.1. The highest BCUT2D eigenvalue weighted by Crippen LogP contribution is 2.14. The number of hydrogen-bond acceptors (Lipinski definition) is 1. The smallest absolute Gasteiger partial charge is 0.0591 e. The van der Waals surface area contributed by atoms with E-state index >= 15 is 0 Å². The highest BCUT2D eigenvalue weighted by atomic mass is 16.3. The summed E-state index contributed by atoms with van der Waals surface area (Å²) in [5, 5.41) is 9.56. The molecule has 1 aromatic carbocycles. The van der Waals surface area contributed by atoms with Gasteiger partial charge in [0.15, 0.2) is 0 Å². The summed E-state index contributed by atoms with van der Waals surface area (Å²) in [5.74, 6) is 0. The SMILES string of the molecule is CC.Cc1cccc(CCCCC(C)(C)O)c1. The van der Waals surface area contributed by atoms with Crippen molar-refractivity contribution in [1.82, 2.24) is 0 Å². The first-order chi connectivity index (χ1) is 7.97. The van der Waals surface area contributed by atoms with Crippen LogP contribution in [0.15, 0.2) is 24.3 Å². The molecule has 0 radical (unpaired) electrons. The Labute approximate surface area is 107 Å². The molecule has 0 saturated carbocycles. The molecule has 0 saturated heterocycles. The Bertz CT molecular complexity index is 297. The fraction of sp³-hybridized carbons (Fsp3) is 0.625. The van der Waals surface area contributed by atoms with Gasteiger partial charge in [-0.1, -0.05) is 50.1 Å².